The normalized spacial score (nSPS) is 17.0. The number of aromatic nitrogens is 3. The van der Waals surface area contributed by atoms with E-state index < -0.39 is 0 Å². The summed E-state index contributed by atoms with van der Waals surface area (Å²) in [6, 6.07) is 7.85. The van der Waals surface area contributed by atoms with Gasteiger partial charge in [0.25, 0.3) is 0 Å². The summed E-state index contributed by atoms with van der Waals surface area (Å²) in [6.45, 7) is 2.74. The molecule has 0 radical (unpaired) electrons. The molecule has 134 valence electrons. The van der Waals surface area contributed by atoms with E-state index in [-0.39, 0.29) is 11.8 Å². The minimum absolute atomic E-state index is 0.0236. The van der Waals surface area contributed by atoms with Crippen LogP contribution in [0.2, 0.25) is 0 Å². The van der Waals surface area contributed by atoms with Crippen LogP contribution in [0.5, 0.6) is 0 Å². The smallest absolute Gasteiger partial charge is 0.230 e. The largest absolute Gasteiger partial charge is 0.350 e. The van der Waals surface area contributed by atoms with Crippen LogP contribution < -0.4 is 5.32 Å². The molecule has 7 heteroatoms. The number of fused-ring (bicyclic) bond motifs is 1. The Morgan fingerprint density at radius 3 is 3.04 bits per heavy atom. The van der Waals surface area contributed by atoms with Crippen molar-refractivity contribution in [3.05, 3.63) is 70.2 Å². The van der Waals surface area contributed by atoms with Crippen LogP contribution in [0.1, 0.15) is 28.6 Å². The Labute approximate surface area is 156 Å². The molecular formula is C19H21N5OS. The molecule has 3 aromatic heterocycles. The second kappa shape index (κ2) is 7.39. The highest BCUT2D eigenvalue weighted by Crippen LogP contribution is 2.28. The average Bonchev–Trinajstić information content (AvgIpc) is 3.30. The fourth-order valence-electron chi connectivity index (χ4n) is 3.45. The Morgan fingerprint density at radius 2 is 2.27 bits per heavy atom. The van der Waals surface area contributed by atoms with Gasteiger partial charge in [-0.1, -0.05) is 6.07 Å². The predicted octanol–water partition coefficient (Wildman–Crippen LogP) is 2.29. The molecule has 4 rings (SSSR count). The van der Waals surface area contributed by atoms with E-state index in [4.69, 9.17) is 0 Å². The summed E-state index contributed by atoms with van der Waals surface area (Å²) >= 11 is 1.70. The first-order chi connectivity index (χ1) is 12.7. The fourth-order valence-corrected chi connectivity index (χ4v) is 4.11. The summed E-state index contributed by atoms with van der Waals surface area (Å²) in [7, 11) is 1.96. The number of amides is 1. The van der Waals surface area contributed by atoms with Crippen LogP contribution >= 0.6 is 11.3 Å². The van der Waals surface area contributed by atoms with Crippen molar-refractivity contribution in [2.75, 3.05) is 6.54 Å². The molecule has 0 saturated carbocycles. The monoisotopic (exact) mass is 367 g/mol. The highest BCUT2D eigenvalue weighted by atomic mass is 32.1. The third-order valence-corrected chi connectivity index (χ3v) is 5.41. The molecule has 6 nitrogen and oxygen atoms in total. The second-order valence-electron chi connectivity index (χ2n) is 6.58. The van der Waals surface area contributed by atoms with Gasteiger partial charge in [-0.2, -0.15) is 11.3 Å². The number of carbonyl (C=O) groups is 1. The molecule has 1 aliphatic heterocycles. The highest BCUT2D eigenvalue weighted by Gasteiger charge is 2.33. The fraction of sp³-hybridized carbons (Fsp3) is 0.316. The van der Waals surface area contributed by atoms with E-state index in [0.717, 1.165) is 30.2 Å². The van der Waals surface area contributed by atoms with Crippen LogP contribution in [0.15, 0.2) is 47.5 Å². The first kappa shape index (κ1) is 16.9. The zero-order valence-electron chi connectivity index (χ0n) is 14.6. The van der Waals surface area contributed by atoms with Crippen LogP contribution in [0.4, 0.5) is 0 Å². The number of pyridine rings is 1. The van der Waals surface area contributed by atoms with E-state index in [1.807, 2.05) is 29.8 Å². The first-order valence-electron chi connectivity index (χ1n) is 8.62. The quantitative estimate of drug-likeness (QED) is 0.752. The number of hydrogen-bond donors (Lipinski definition) is 1. The van der Waals surface area contributed by atoms with Crippen molar-refractivity contribution in [3.8, 4) is 0 Å². The van der Waals surface area contributed by atoms with E-state index >= 15 is 0 Å². The van der Waals surface area contributed by atoms with Crippen molar-refractivity contribution in [2.45, 2.75) is 25.6 Å². The molecule has 1 amide bonds. The number of imidazole rings is 1. The van der Waals surface area contributed by atoms with Crippen LogP contribution in [-0.4, -0.2) is 31.9 Å². The van der Waals surface area contributed by atoms with E-state index in [2.05, 4.69) is 37.0 Å². The van der Waals surface area contributed by atoms with Gasteiger partial charge in [-0.05, 0) is 34.5 Å². The first-order valence-corrected chi connectivity index (χ1v) is 9.56. The summed E-state index contributed by atoms with van der Waals surface area (Å²) in [5, 5.41) is 7.28. The minimum atomic E-state index is -0.228. The Hall–Kier alpha value is -2.51. The maximum absolute atomic E-state index is 12.9. The molecule has 1 atom stereocenters. The van der Waals surface area contributed by atoms with Gasteiger partial charge in [0.05, 0.1) is 35.9 Å². The van der Waals surface area contributed by atoms with Gasteiger partial charge >= 0.3 is 0 Å². The number of rotatable bonds is 5. The lowest BCUT2D eigenvalue weighted by Crippen LogP contribution is -2.41. The summed E-state index contributed by atoms with van der Waals surface area (Å²) in [5.41, 5.74) is 4.15. The molecule has 4 heterocycles. The average molecular weight is 367 g/mol. The van der Waals surface area contributed by atoms with Gasteiger partial charge in [-0.15, -0.1) is 0 Å². The zero-order valence-corrected chi connectivity index (χ0v) is 15.4. The number of thiophene rings is 1. The Morgan fingerprint density at radius 1 is 1.35 bits per heavy atom. The number of nitrogens with zero attached hydrogens (tertiary/aromatic N) is 4. The third-order valence-electron chi connectivity index (χ3n) is 4.68. The number of hydrogen-bond acceptors (Lipinski definition) is 5. The molecule has 0 aliphatic carbocycles. The molecule has 3 aromatic rings. The van der Waals surface area contributed by atoms with E-state index in [1.54, 1.807) is 23.9 Å². The highest BCUT2D eigenvalue weighted by molar-refractivity contribution is 7.07. The Bertz CT molecular complexity index is 875. The molecule has 0 bridgehead atoms. The topological polar surface area (TPSA) is 63.1 Å². The molecule has 26 heavy (non-hydrogen) atoms. The van der Waals surface area contributed by atoms with Gasteiger partial charge in [-0.25, -0.2) is 4.98 Å². The van der Waals surface area contributed by atoms with Crippen LogP contribution in [-0.2, 0) is 31.5 Å². The Balaban J connectivity index is 1.50. The van der Waals surface area contributed by atoms with Crippen molar-refractivity contribution in [2.24, 2.45) is 7.05 Å². The summed E-state index contributed by atoms with van der Waals surface area (Å²) in [4.78, 5) is 24.0. The molecule has 0 saturated heterocycles. The van der Waals surface area contributed by atoms with Crippen molar-refractivity contribution in [1.82, 2.24) is 24.8 Å². The lowest BCUT2D eigenvalue weighted by atomic mass is 9.96. The minimum Gasteiger partial charge on any atom is -0.350 e. The summed E-state index contributed by atoms with van der Waals surface area (Å²) in [6.07, 6.45) is 3.54. The van der Waals surface area contributed by atoms with Gasteiger partial charge in [0.2, 0.25) is 5.91 Å². The van der Waals surface area contributed by atoms with Crippen molar-refractivity contribution >= 4 is 17.2 Å². The predicted molar refractivity (Wildman–Crippen MR) is 100 cm³/mol. The van der Waals surface area contributed by atoms with Crippen LogP contribution in [0.3, 0.4) is 0 Å². The summed E-state index contributed by atoms with van der Waals surface area (Å²) < 4.78 is 1.97. The van der Waals surface area contributed by atoms with E-state index in [0.29, 0.717) is 13.1 Å². The van der Waals surface area contributed by atoms with Gasteiger partial charge < -0.3 is 9.88 Å². The van der Waals surface area contributed by atoms with Crippen LogP contribution in [0, 0.1) is 0 Å². The third kappa shape index (κ3) is 3.54. The van der Waals surface area contributed by atoms with Crippen molar-refractivity contribution < 1.29 is 4.79 Å². The summed E-state index contributed by atoms with van der Waals surface area (Å²) in [5.74, 6) is -0.205. The molecular weight excluding hydrogens is 346 g/mol. The van der Waals surface area contributed by atoms with E-state index in [1.165, 1.54) is 5.56 Å². The zero-order chi connectivity index (χ0) is 17.9. The van der Waals surface area contributed by atoms with Gasteiger partial charge in [0, 0.05) is 32.9 Å². The van der Waals surface area contributed by atoms with Gasteiger partial charge in [0.1, 0.15) is 0 Å². The van der Waals surface area contributed by atoms with Crippen molar-refractivity contribution in [1.29, 1.82) is 0 Å². The number of aryl methyl sites for hydroxylation is 1. The van der Waals surface area contributed by atoms with Gasteiger partial charge in [0.15, 0.2) is 0 Å². The van der Waals surface area contributed by atoms with Crippen LogP contribution in [0.25, 0.3) is 0 Å². The SMILES string of the molecule is Cn1cnc2c1C(C(=O)NCc1ccccn1)CN(Cc1ccsc1)C2. The maximum atomic E-state index is 12.9. The molecule has 1 unspecified atom stereocenters. The molecule has 1 aliphatic rings. The van der Waals surface area contributed by atoms with Crippen molar-refractivity contribution in [3.63, 3.8) is 0 Å². The number of nitrogens with one attached hydrogen (secondary N) is 1. The number of carbonyl (C=O) groups excluding carboxylic acids is 1. The lowest BCUT2D eigenvalue weighted by molar-refractivity contribution is -0.123. The Kier molecular flexibility index (Phi) is 4.81. The molecule has 0 fully saturated rings. The van der Waals surface area contributed by atoms with Gasteiger partial charge in [-0.3, -0.25) is 14.7 Å². The molecule has 0 spiro atoms. The maximum Gasteiger partial charge on any atom is 0.230 e. The lowest BCUT2D eigenvalue weighted by Gasteiger charge is -2.32. The van der Waals surface area contributed by atoms with E-state index in [9.17, 15) is 4.79 Å². The second-order valence-corrected chi connectivity index (χ2v) is 7.36. The molecule has 1 N–H and O–H groups in total. The standard InChI is InChI=1S/C19H21N5OS/c1-23-13-22-17-11-24(9-14-5-7-26-12-14)10-16(18(17)23)19(25)21-8-15-4-2-3-6-20-15/h2-7,12-13,16H,8-11H2,1H3,(H,21,25). The molecule has 0 aromatic carbocycles.